The molecule has 11 nitrogen and oxygen atoms in total. The quantitative estimate of drug-likeness (QED) is 0.283. The molecule has 1 saturated heterocycles. The van der Waals surface area contributed by atoms with Crippen molar-refractivity contribution in [3.8, 4) is 23.0 Å². The van der Waals surface area contributed by atoms with Crippen molar-refractivity contribution in [2.75, 3.05) is 27.9 Å². The number of Topliss-reactive ketones (excluding diaryl/α,β-unsaturated/α-hetero) is 2. The zero-order chi connectivity index (χ0) is 25.0. The minimum atomic E-state index is -1.67. The van der Waals surface area contributed by atoms with Crippen LogP contribution >= 0.6 is 0 Å². The van der Waals surface area contributed by atoms with Gasteiger partial charge in [0.15, 0.2) is 23.0 Å². The van der Waals surface area contributed by atoms with Crippen LogP contribution in [0.15, 0.2) is 36.4 Å². The van der Waals surface area contributed by atoms with E-state index in [-0.39, 0.29) is 28.4 Å². The molecule has 4 N–H and O–H groups in total. The van der Waals surface area contributed by atoms with Crippen molar-refractivity contribution in [2.24, 2.45) is 0 Å². The van der Waals surface area contributed by atoms with E-state index in [1.807, 2.05) is 0 Å². The molecule has 2 aromatic rings. The van der Waals surface area contributed by atoms with E-state index in [1.165, 1.54) is 57.7 Å². The summed E-state index contributed by atoms with van der Waals surface area (Å²) in [4.78, 5) is 25.7. The Balaban J connectivity index is 1.87. The van der Waals surface area contributed by atoms with Gasteiger partial charge < -0.3 is 44.1 Å². The summed E-state index contributed by atoms with van der Waals surface area (Å²) in [5, 5.41) is 39.5. The Hall–Kier alpha value is -3.22. The molecule has 1 heterocycles. The predicted octanol–water partition coefficient (Wildman–Crippen LogP) is -0.0433. The van der Waals surface area contributed by atoms with Crippen LogP contribution in [0.4, 0.5) is 0 Å². The van der Waals surface area contributed by atoms with Crippen molar-refractivity contribution in [1.82, 2.24) is 0 Å². The predicted molar refractivity (Wildman–Crippen MR) is 116 cm³/mol. The van der Waals surface area contributed by atoms with Crippen LogP contribution < -0.4 is 18.9 Å². The normalized spacial score (nSPS) is 24.3. The van der Waals surface area contributed by atoms with Gasteiger partial charge in [0, 0.05) is 11.1 Å². The van der Waals surface area contributed by atoms with Crippen LogP contribution in [0.5, 0.6) is 23.0 Å². The number of hydrogen-bond acceptors (Lipinski definition) is 11. The summed E-state index contributed by atoms with van der Waals surface area (Å²) in [6.07, 6.45) is -7.58. The average Bonchev–Trinajstić information content (AvgIpc) is 2.87. The number of carbonyl (C=O) groups is 2. The van der Waals surface area contributed by atoms with Crippen molar-refractivity contribution in [3.63, 3.8) is 0 Å². The molecule has 0 bridgehead atoms. The first-order valence-electron chi connectivity index (χ1n) is 10.2. The largest absolute Gasteiger partial charge is 0.493 e. The maximum Gasteiger partial charge on any atom is 0.233 e. The summed E-state index contributed by atoms with van der Waals surface area (Å²) in [5.41, 5.74) is 0.0371. The zero-order valence-corrected chi connectivity index (χ0v) is 18.7. The Morgan fingerprint density at radius 2 is 1.26 bits per heavy atom. The molecule has 3 rings (SSSR count). The lowest BCUT2D eigenvalue weighted by atomic mass is 9.99. The third kappa shape index (κ3) is 4.98. The van der Waals surface area contributed by atoms with Gasteiger partial charge >= 0.3 is 0 Å². The van der Waals surface area contributed by atoms with E-state index in [0.29, 0.717) is 5.75 Å². The highest BCUT2D eigenvalue weighted by molar-refractivity contribution is 6.49. The standard InChI is InChI=1S/C23H26O11/c1-30-13-6-4-11(8-15(13)32-3)18(25)19(26)12-5-7-14(31-2)16(9-12)33-23-22(29)21(28)20(27)17(10-24)34-23/h4-9,17,20-24,27-29H,10H2,1-3H3/t17-,20-,21+,22-,23-/m1/s1. The van der Waals surface area contributed by atoms with Gasteiger partial charge in [-0.25, -0.2) is 0 Å². The van der Waals surface area contributed by atoms with Crippen LogP contribution in [0, 0.1) is 0 Å². The first kappa shape index (κ1) is 25.4. The Bertz CT molecular complexity index is 1040. The SMILES string of the molecule is COc1ccc(C(=O)C(=O)c2ccc(OC)c(O[C@@H]3O[C@H](CO)[C@@H](O)[C@H](O)[C@H]3O)c2)cc1OC. The van der Waals surface area contributed by atoms with Crippen molar-refractivity contribution in [3.05, 3.63) is 47.5 Å². The molecular formula is C23H26O11. The molecule has 0 amide bonds. The molecule has 184 valence electrons. The lowest BCUT2D eigenvalue weighted by Gasteiger charge is -2.39. The summed E-state index contributed by atoms with van der Waals surface area (Å²) < 4.78 is 26.5. The number of ketones is 2. The number of methoxy groups -OCH3 is 3. The monoisotopic (exact) mass is 478 g/mol. The second kappa shape index (κ2) is 10.8. The van der Waals surface area contributed by atoms with Gasteiger partial charge in [-0.05, 0) is 36.4 Å². The van der Waals surface area contributed by atoms with Gasteiger partial charge in [0.1, 0.15) is 24.4 Å². The third-order valence-electron chi connectivity index (χ3n) is 5.37. The van der Waals surface area contributed by atoms with Crippen LogP contribution in [0.3, 0.4) is 0 Å². The van der Waals surface area contributed by atoms with Crippen LogP contribution in [0.2, 0.25) is 0 Å². The molecule has 1 aliphatic rings. The Morgan fingerprint density at radius 1 is 0.765 bits per heavy atom. The second-order valence-electron chi connectivity index (χ2n) is 7.41. The van der Waals surface area contributed by atoms with E-state index < -0.39 is 48.9 Å². The Labute approximate surface area is 195 Å². The fourth-order valence-corrected chi connectivity index (χ4v) is 3.44. The Morgan fingerprint density at radius 3 is 1.76 bits per heavy atom. The first-order valence-corrected chi connectivity index (χ1v) is 10.2. The van der Waals surface area contributed by atoms with Gasteiger partial charge in [0.05, 0.1) is 27.9 Å². The highest BCUT2D eigenvalue weighted by atomic mass is 16.7. The smallest absolute Gasteiger partial charge is 0.233 e. The molecule has 2 aromatic carbocycles. The lowest BCUT2D eigenvalue weighted by Crippen LogP contribution is -2.60. The van der Waals surface area contributed by atoms with Gasteiger partial charge in [0.2, 0.25) is 17.9 Å². The minimum Gasteiger partial charge on any atom is -0.493 e. The van der Waals surface area contributed by atoms with Gasteiger partial charge in [-0.15, -0.1) is 0 Å². The van der Waals surface area contributed by atoms with Crippen molar-refractivity contribution < 1.29 is 53.7 Å². The van der Waals surface area contributed by atoms with Gasteiger partial charge in [-0.3, -0.25) is 9.59 Å². The second-order valence-corrected chi connectivity index (χ2v) is 7.41. The number of aliphatic hydroxyl groups is 4. The summed E-state index contributed by atoms with van der Waals surface area (Å²) in [6.45, 7) is -0.639. The highest BCUT2D eigenvalue weighted by Crippen LogP contribution is 2.33. The third-order valence-corrected chi connectivity index (χ3v) is 5.37. The molecule has 1 aliphatic heterocycles. The maximum atomic E-state index is 12.9. The van der Waals surface area contributed by atoms with E-state index in [1.54, 1.807) is 0 Å². The number of hydrogen-bond donors (Lipinski definition) is 4. The summed E-state index contributed by atoms with van der Waals surface area (Å²) >= 11 is 0. The Kier molecular flexibility index (Phi) is 8.07. The van der Waals surface area contributed by atoms with Gasteiger partial charge in [-0.1, -0.05) is 0 Å². The topological polar surface area (TPSA) is 161 Å². The summed E-state index contributed by atoms with van der Waals surface area (Å²) in [6, 6.07) is 8.28. The van der Waals surface area contributed by atoms with Gasteiger partial charge in [0.25, 0.3) is 0 Å². The van der Waals surface area contributed by atoms with Crippen LogP contribution in [0.25, 0.3) is 0 Å². The van der Waals surface area contributed by atoms with E-state index in [2.05, 4.69) is 0 Å². The fraction of sp³-hybridized carbons (Fsp3) is 0.391. The molecule has 1 fully saturated rings. The molecule has 0 radical (unpaired) electrons. The zero-order valence-electron chi connectivity index (χ0n) is 18.7. The lowest BCUT2D eigenvalue weighted by molar-refractivity contribution is -0.277. The van der Waals surface area contributed by atoms with Crippen molar-refractivity contribution in [1.29, 1.82) is 0 Å². The van der Waals surface area contributed by atoms with E-state index in [9.17, 15) is 30.0 Å². The highest BCUT2D eigenvalue weighted by Gasteiger charge is 2.45. The van der Waals surface area contributed by atoms with Crippen LogP contribution in [-0.4, -0.2) is 90.6 Å². The van der Waals surface area contributed by atoms with Crippen molar-refractivity contribution >= 4 is 11.6 Å². The number of rotatable bonds is 9. The van der Waals surface area contributed by atoms with Crippen LogP contribution in [0.1, 0.15) is 20.7 Å². The molecule has 5 atom stereocenters. The average molecular weight is 478 g/mol. The summed E-state index contributed by atoms with van der Waals surface area (Å²) in [5.74, 6) is -0.919. The number of benzene rings is 2. The molecule has 0 aromatic heterocycles. The van der Waals surface area contributed by atoms with Gasteiger partial charge in [-0.2, -0.15) is 0 Å². The summed E-state index contributed by atoms with van der Waals surface area (Å²) in [7, 11) is 4.19. The minimum absolute atomic E-state index is 0.0415. The van der Waals surface area contributed by atoms with Crippen molar-refractivity contribution in [2.45, 2.75) is 30.7 Å². The number of ether oxygens (including phenoxy) is 5. The molecular weight excluding hydrogens is 452 g/mol. The molecule has 0 saturated carbocycles. The van der Waals surface area contributed by atoms with E-state index in [0.717, 1.165) is 0 Å². The van der Waals surface area contributed by atoms with Crippen LogP contribution in [-0.2, 0) is 4.74 Å². The number of carbonyl (C=O) groups excluding carboxylic acids is 2. The molecule has 34 heavy (non-hydrogen) atoms. The molecule has 0 aliphatic carbocycles. The maximum absolute atomic E-state index is 12.9. The van der Waals surface area contributed by atoms with E-state index in [4.69, 9.17) is 23.7 Å². The number of aliphatic hydroxyl groups excluding tert-OH is 4. The van der Waals surface area contributed by atoms with E-state index >= 15 is 0 Å². The molecule has 0 spiro atoms. The molecule has 11 heteroatoms. The first-order chi connectivity index (χ1) is 16.2. The molecule has 0 unspecified atom stereocenters. The fourth-order valence-electron chi connectivity index (χ4n) is 3.44.